The summed E-state index contributed by atoms with van der Waals surface area (Å²) in [5, 5.41) is 6.00. The van der Waals surface area contributed by atoms with Crippen molar-refractivity contribution < 1.29 is 23.5 Å². The Bertz CT molecular complexity index is 2240. The van der Waals surface area contributed by atoms with Crippen LogP contribution in [-0.2, 0) is 39.4 Å². The summed E-state index contributed by atoms with van der Waals surface area (Å²) >= 11 is 5.85. The molecule has 1 unspecified atom stereocenters. The van der Waals surface area contributed by atoms with Crippen LogP contribution in [0.1, 0.15) is 81.6 Å². The van der Waals surface area contributed by atoms with Gasteiger partial charge < -0.3 is 24.7 Å². The van der Waals surface area contributed by atoms with E-state index in [0.29, 0.717) is 48.3 Å². The predicted octanol–water partition coefficient (Wildman–Crippen LogP) is 9.48. The molecule has 12 heteroatoms. The van der Waals surface area contributed by atoms with E-state index in [2.05, 4.69) is 58.0 Å². The van der Waals surface area contributed by atoms with Crippen molar-refractivity contribution in [1.29, 1.82) is 0 Å². The number of carbonyl (C=O) groups excluding carboxylic acids is 2. The Balaban J connectivity index is 0.000000303. The van der Waals surface area contributed by atoms with E-state index in [1.54, 1.807) is 18.2 Å². The highest BCUT2D eigenvalue weighted by molar-refractivity contribution is 6.30. The van der Waals surface area contributed by atoms with Crippen LogP contribution < -0.4 is 15.4 Å². The highest BCUT2D eigenvalue weighted by Gasteiger charge is 2.56. The smallest absolute Gasteiger partial charge is 0.235 e. The Hall–Kier alpha value is -5.10. The van der Waals surface area contributed by atoms with Crippen molar-refractivity contribution >= 4 is 51.9 Å². The number of aryl methyl sites for hydroxylation is 1. The van der Waals surface area contributed by atoms with Crippen LogP contribution in [0.5, 0.6) is 5.88 Å². The standard InChI is InChI=1S/C32H35ClFN5O3.C11H11NO.C2H6/c1-3-15-41-22(2)18-39-30-10-9-26(35-21-40)17-29(30)36-31(39)19-38-13-11-23(12-14-38)28-5-4-6-32(37-28)42-20-24-7-8-25(33)16-27(24)34;1-7-2-3-9-8(6-7)11(4-5-11)10(13)12-9;1-2/h4-11,16-17,21-22H,3,12-15,18-20H2,1-2H3,(H,35,40);2-3,6H,4-5H2,1H3,(H,12,13);1-2H3. The van der Waals surface area contributed by atoms with Crippen molar-refractivity contribution in [2.75, 3.05) is 30.3 Å². The second-order valence-electron chi connectivity index (χ2n) is 14.5. The van der Waals surface area contributed by atoms with E-state index in [9.17, 15) is 14.0 Å². The van der Waals surface area contributed by atoms with E-state index in [1.165, 1.54) is 17.2 Å². The van der Waals surface area contributed by atoms with Crippen LogP contribution in [0.2, 0.25) is 5.02 Å². The SMILES string of the molecule is CC.CCCOC(C)Cn1c(CN2CC=C(c3cccc(OCc4ccc(Cl)cc4F)n3)CC2)nc2cc(NC=O)ccc21.Cc1ccc2c(c1)C1(CC1)C(=O)N2. The molecule has 5 aromatic rings. The summed E-state index contributed by atoms with van der Waals surface area (Å²) in [5.74, 6) is 1.21. The molecule has 1 fully saturated rings. The number of hydrogen-bond acceptors (Lipinski definition) is 7. The van der Waals surface area contributed by atoms with Gasteiger partial charge in [0.15, 0.2) is 0 Å². The van der Waals surface area contributed by atoms with E-state index in [0.717, 1.165) is 72.6 Å². The lowest BCUT2D eigenvalue weighted by atomic mass is 9.96. The van der Waals surface area contributed by atoms with Gasteiger partial charge in [-0.1, -0.05) is 68.3 Å². The molecule has 1 spiro atoms. The first-order valence-electron chi connectivity index (χ1n) is 19.8. The molecule has 1 saturated carbocycles. The lowest BCUT2D eigenvalue weighted by Crippen LogP contribution is -2.30. The average Bonchev–Trinajstić information content (AvgIpc) is 3.91. The molecule has 4 heterocycles. The molecule has 1 aliphatic carbocycles. The number of carbonyl (C=O) groups is 2. The van der Waals surface area contributed by atoms with Crippen molar-refractivity contribution in [2.45, 2.75) is 91.5 Å². The van der Waals surface area contributed by atoms with Gasteiger partial charge in [-0.15, -0.1) is 0 Å². The molecule has 8 rings (SSSR count). The second-order valence-corrected chi connectivity index (χ2v) is 14.9. The molecule has 2 aromatic heterocycles. The summed E-state index contributed by atoms with van der Waals surface area (Å²) < 4.78 is 28.1. The zero-order chi connectivity index (χ0) is 40.5. The fourth-order valence-electron chi connectivity index (χ4n) is 7.19. The maximum atomic E-state index is 14.1. The Morgan fingerprint density at radius 3 is 2.61 bits per heavy atom. The zero-order valence-corrected chi connectivity index (χ0v) is 34.2. The number of fused-ring (bicyclic) bond motifs is 3. The molecule has 3 aromatic carbocycles. The second kappa shape index (κ2) is 18.9. The highest BCUT2D eigenvalue weighted by Crippen LogP contribution is 2.55. The minimum atomic E-state index is -0.400. The van der Waals surface area contributed by atoms with E-state index >= 15 is 0 Å². The number of amides is 2. The van der Waals surface area contributed by atoms with Crippen LogP contribution in [0.3, 0.4) is 0 Å². The minimum absolute atomic E-state index is 0.0403. The molecule has 300 valence electrons. The summed E-state index contributed by atoms with van der Waals surface area (Å²) in [6.07, 6.45) is 6.75. The summed E-state index contributed by atoms with van der Waals surface area (Å²) in [5.41, 5.74) is 8.35. The molecule has 57 heavy (non-hydrogen) atoms. The van der Waals surface area contributed by atoms with Crippen molar-refractivity contribution in [3.05, 3.63) is 118 Å². The third kappa shape index (κ3) is 9.90. The molecule has 0 saturated heterocycles. The summed E-state index contributed by atoms with van der Waals surface area (Å²) in [4.78, 5) is 34.6. The van der Waals surface area contributed by atoms with E-state index in [1.807, 2.05) is 56.3 Å². The normalized spacial score (nSPS) is 15.7. The van der Waals surface area contributed by atoms with Crippen LogP contribution in [-0.4, -0.2) is 57.6 Å². The summed E-state index contributed by atoms with van der Waals surface area (Å²) in [6, 6.07) is 22.2. The molecular weight excluding hydrogens is 743 g/mol. The number of pyridine rings is 1. The number of imidazole rings is 1. The zero-order valence-electron chi connectivity index (χ0n) is 33.4. The maximum absolute atomic E-state index is 14.1. The summed E-state index contributed by atoms with van der Waals surface area (Å²) in [7, 11) is 0. The van der Waals surface area contributed by atoms with Crippen LogP contribution in [0.4, 0.5) is 15.8 Å². The quantitative estimate of drug-likeness (QED) is 0.114. The van der Waals surface area contributed by atoms with E-state index in [4.69, 9.17) is 26.1 Å². The third-order valence-corrected chi connectivity index (χ3v) is 10.6. The lowest BCUT2D eigenvalue weighted by Gasteiger charge is -2.26. The fraction of sp³-hybridized carbons (Fsp3) is 0.378. The number of nitrogens with zero attached hydrogens (tertiary/aromatic N) is 4. The van der Waals surface area contributed by atoms with Gasteiger partial charge in [-0.05, 0) is 93.1 Å². The maximum Gasteiger partial charge on any atom is 0.235 e. The molecule has 1 atom stereocenters. The summed E-state index contributed by atoms with van der Waals surface area (Å²) in [6.45, 7) is 14.0. The number of rotatable bonds is 13. The van der Waals surface area contributed by atoms with E-state index in [-0.39, 0.29) is 24.0 Å². The monoisotopic (exact) mass is 794 g/mol. The first-order valence-corrected chi connectivity index (χ1v) is 20.2. The number of aromatic nitrogens is 3. The Morgan fingerprint density at radius 1 is 1.07 bits per heavy atom. The molecule has 10 nitrogen and oxygen atoms in total. The van der Waals surface area contributed by atoms with E-state index < -0.39 is 5.82 Å². The highest BCUT2D eigenvalue weighted by atomic mass is 35.5. The van der Waals surface area contributed by atoms with Gasteiger partial charge >= 0.3 is 0 Å². The topological polar surface area (TPSA) is 111 Å². The Labute approximate surface area is 339 Å². The Kier molecular flexibility index (Phi) is 13.8. The molecule has 0 radical (unpaired) electrons. The van der Waals surface area contributed by atoms with Crippen LogP contribution >= 0.6 is 11.6 Å². The van der Waals surface area contributed by atoms with Gasteiger partial charge in [0.2, 0.25) is 18.2 Å². The van der Waals surface area contributed by atoms with Crippen LogP contribution in [0, 0.1) is 12.7 Å². The van der Waals surface area contributed by atoms with Crippen molar-refractivity contribution in [1.82, 2.24) is 19.4 Å². The minimum Gasteiger partial charge on any atom is -0.473 e. The largest absolute Gasteiger partial charge is 0.473 e. The molecule has 2 aliphatic heterocycles. The number of ether oxygens (including phenoxy) is 2. The van der Waals surface area contributed by atoms with Crippen LogP contribution in [0.25, 0.3) is 16.6 Å². The van der Waals surface area contributed by atoms with Gasteiger partial charge in [-0.3, -0.25) is 14.5 Å². The van der Waals surface area contributed by atoms with Gasteiger partial charge in [0.1, 0.15) is 18.2 Å². The van der Waals surface area contributed by atoms with Gasteiger partial charge in [0.05, 0.1) is 41.3 Å². The van der Waals surface area contributed by atoms with Gasteiger partial charge in [0.25, 0.3) is 0 Å². The first-order chi connectivity index (χ1) is 27.6. The number of halogens is 2. The Morgan fingerprint density at radius 2 is 1.89 bits per heavy atom. The van der Waals surface area contributed by atoms with Crippen molar-refractivity contribution in [2.24, 2.45) is 0 Å². The van der Waals surface area contributed by atoms with Gasteiger partial charge in [-0.25, -0.2) is 14.4 Å². The molecule has 3 aliphatic rings. The third-order valence-electron chi connectivity index (χ3n) is 10.3. The predicted molar refractivity (Wildman–Crippen MR) is 225 cm³/mol. The van der Waals surface area contributed by atoms with Crippen molar-refractivity contribution in [3.8, 4) is 5.88 Å². The lowest BCUT2D eigenvalue weighted by molar-refractivity contribution is -0.117. The number of anilines is 2. The molecule has 2 N–H and O–H groups in total. The number of nitrogens with one attached hydrogen (secondary N) is 2. The van der Waals surface area contributed by atoms with Gasteiger partial charge in [-0.2, -0.15) is 0 Å². The van der Waals surface area contributed by atoms with Gasteiger partial charge in [0, 0.05) is 47.7 Å². The van der Waals surface area contributed by atoms with Crippen LogP contribution in [0.15, 0.2) is 78.9 Å². The first kappa shape index (κ1) is 41.5. The molecular formula is C45H52ClFN6O4. The average molecular weight is 795 g/mol. The molecule has 2 amide bonds. The number of benzene rings is 3. The fourth-order valence-corrected chi connectivity index (χ4v) is 7.35. The number of hydrogen-bond donors (Lipinski definition) is 2. The molecule has 0 bridgehead atoms. The van der Waals surface area contributed by atoms with Crippen molar-refractivity contribution in [3.63, 3.8) is 0 Å².